The molecule has 1 atom stereocenters. The number of nitrogens with zero attached hydrogens (tertiary/aromatic N) is 2. The van der Waals surface area contributed by atoms with Gasteiger partial charge in [-0.2, -0.15) is 0 Å². The van der Waals surface area contributed by atoms with Gasteiger partial charge in [-0.05, 0) is 26.0 Å². The first-order valence-electron chi connectivity index (χ1n) is 7.75. The number of oxime groups is 1. The molecule has 5 nitrogen and oxygen atoms in total. The smallest absolute Gasteiger partial charge is 0.318 e. The van der Waals surface area contributed by atoms with Crippen LogP contribution < -0.4 is 5.32 Å². The highest BCUT2D eigenvalue weighted by molar-refractivity contribution is 6.42. The van der Waals surface area contributed by atoms with Gasteiger partial charge in [-0.1, -0.05) is 40.5 Å². The largest absolute Gasteiger partial charge is 0.390 e. The van der Waals surface area contributed by atoms with Crippen molar-refractivity contribution in [1.82, 2.24) is 10.2 Å². The number of benzene rings is 1. The molecule has 1 unspecified atom stereocenters. The van der Waals surface area contributed by atoms with Crippen molar-refractivity contribution in [2.75, 3.05) is 13.1 Å². The number of halogens is 2. The first-order chi connectivity index (χ1) is 11.4. The number of amides is 2. The van der Waals surface area contributed by atoms with Gasteiger partial charge in [-0.3, -0.25) is 0 Å². The Labute approximate surface area is 152 Å². The minimum Gasteiger partial charge on any atom is -0.390 e. The highest BCUT2D eigenvalue weighted by atomic mass is 35.5. The second-order valence-electron chi connectivity index (χ2n) is 5.90. The summed E-state index contributed by atoms with van der Waals surface area (Å²) in [4.78, 5) is 19.3. The molecule has 0 spiro atoms. The first kappa shape index (κ1) is 18.6. The maximum Gasteiger partial charge on any atom is 0.318 e. The Morgan fingerprint density at radius 1 is 1.50 bits per heavy atom. The number of rotatable bonds is 6. The van der Waals surface area contributed by atoms with Crippen LogP contribution in [0.1, 0.15) is 25.8 Å². The van der Waals surface area contributed by atoms with E-state index in [1.54, 1.807) is 23.1 Å². The SMILES string of the molecule is C=CCN(CC1CC(c2ccc(Cl)c(Cl)c2)=NO1)C(=O)NC(C)C. The van der Waals surface area contributed by atoms with Crippen LogP contribution in [0.25, 0.3) is 0 Å². The molecule has 1 N–H and O–H groups in total. The highest BCUT2D eigenvalue weighted by Gasteiger charge is 2.26. The van der Waals surface area contributed by atoms with Crippen molar-refractivity contribution in [1.29, 1.82) is 0 Å². The van der Waals surface area contributed by atoms with Gasteiger partial charge < -0.3 is 15.1 Å². The fourth-order valence-corrected chi connectivity index (χ4v) is 2.65. The average Bonchev–Trinajstić information content (AvgIpc) is 2.97. The van der Waals surface area contributed by atoms with Gasteiger partial charge in [0.1, 0.15) is 0 Å². The van der Waals surface area contributed by atoms with Crippen LogP contribution in [0.15, 0.2) is 36.0 Å². The van der Waals surface area contributed by atoms with Crippen LogP contribution in [-0.2, 0) is 4.84 Å². The number of carbonyl (C=O) groups is 1. The molecular formula is C17H21Cl2N3O2. The van der Waals surface area contributed by atoms with E-state index >= 15 is 0 Å². The summed E-state index contributed by atoms with van der Waals surface area (Å²) in [5.41, 5.74) is 1.66. The van der Waals surface area contributed by atoms with Gasteiger partial charge in [0, 0.05) is 24.6 Å². The standard InChI is InChI=1S/C17H21Cl2N3O2/c1-4-7-22(17(23)20-11(2)3)10-13-9-16(21-24-13)12-5-6-14(18)15(19)8-12/h4-6,8,11,13H,1,7,9-10H2,2-3H3,(H,20,23). The van der Waals surface area contributed by atoms with E-state index in [4.69, 9.17) is 28.0 Å². The van der Waals surface area contributed by atoms with Crippen molar-refractivity contribution in [2.45, 2.75) is 32.4 Å². The molecule has 0 fully saturated rings. The van der Waals surface area contributed by atoms with Gasteiger partial charge in [0.2, 0.25) is 0 Å². The molecule has 1 aromatic rings. The van der Waals surface area contributed by atoms with Crippen LogP contribution in [0.5, 0.6) is 0 Å². The Morgan fingerprint density at radius 2 is 2.25 bits per heavy atom. The van der Waals surface area contributed by atoms with E-state index < -0.39 is 0 Å². The van der Waals surface area contributed by atoms with E-state index in [0.29, 0.717) is 29.6 Å². The van der Waals surface area contributed by atoms with Crippen molar-refractivity contribution in [3.8, 4) is 0 Å². The van der Waals surface area contributed by atoms with Gasteiger partial charge in [-0.25, -0.2) is 4.79 Å². The minimum absolute atomic E-state index is 0.0670. The van der Waals surface area contributed by atoms with Gasteiger partial charge >= 0.3 is 6.03 Å². The topological polar surface area (TPSA) is 53.9 Å². The fraction of sp³-hybridized carbons (Fsp3) is 0.412. The van der Waals surface area contributed by atoms with Crippen LogP contribution in [-0.4, -0.2) is 41.9 Å². The van der Waals surface area contributed by atoms with E-state index in [1.165, 1.54) is 0 Å². The Balaban J connectivity index is 1.98. The molecule has 1 aromatic carbocycles. The Morgan fingerprint density at radius 3 is 2.88 bits per heavy atom. The summed E-state index contributed by atoms with van der Waals surface area (Å²) in [7, 11) is 0. The summed E-state index contributed by atoms with van der Waals surface area (Å²) in [5.74, 6) is 0. The van der Waals surface area contributed by atoms with Gasteiger partial charge in [0.25, 0.3) is 0 Å². The maximum absolute atomic E-state index is 12.2. The number of hydrogen-bond acceptors (Lipinski definition) is 3. The predicted octanol–water partition coefficient (Wildman–Crippen LogP) is 4.09. The number of urea groups is 1. The van der Waals surface area contributed by atoms with Gasteiger partial charge in [0.05, 0.1) is 22.3 Å². The monoisotopic (exact) mass is 369 g/mol. The van der Waals surface area contributed by atoms with Crippen LogP contribution in [0.4, 0.5) is 4.79 Å². The summed E-state index contributed by atoms with van der Waals surface area (Å²) in [5, 5.41) is 7.97. The van der Waals surface area contributed by atoms with E-state index in [-0.39, 0.29) is 18.2 Å². The Kier molecular flexibility index (Phi) is 6.52. The van der Waals surface area contributed by atoms with Gasteiger partial charge in [0.15, 0.2) is 6.10 Å². The average molecular weight is 370 g/mol. The predicted molar refractivity (Wildman–Crippen MR) is 97.9 cm³/mol. The summed E-state index contributed by atoms with van der Waals surface area (Å²) in [6.45, 7) is 8.41. The van der Waals surface area contributed by atoms with Crippen molar-refractivity contribution < 1.29 is 9.63 Å². The molecule has 0 saturated carbocycles. The Bertz CT molecular complexity index is 647. The molecule has 24 heavy (non-hydrogen) atoms. The molecule has 0 radical (unpaired) electrons. The zero-order chi connectivity index (χ0) is 17.7. The van der Waals surface area contributed by atoms with Crippen molar-refractivity contribution in [3.05, 3.63) is 46.5 Å². The quantitative estimate of drug-likeness (QED) is 0.767. The van der Waals surface area contributed by atoms with Crippen LogP contribution in [0, 0.1) is 0 Å². The molecular weight excluding hydrogens is 349 g/mol. The number of carbonyl (C=O) groups excluding carboxylic acids is 1. The summed E-state index contributed by atoms with van der Waals surface area (Å²) in [6, 6.07) is 5.27. The van der Waals surface area contributed by atoms with Gasteiger partial charge in [-0.15, -0.1) is 6.58 Å². The fourth-order valence-electron chi connectivity index (χ4n) is 2.35. The van der Waals surface area contributed by atoms with E-state index in [0.717, 1.165) is 11.3 Å². The van der Waals surface area contributed by atoms with E-state index in [9.17, 15) is 4.79 Å². The molecule has 130 valence electrons. The molecule has 1 aliphatic rings. The molecule has 0 saturated heterocycles. The molecule has 0 bridgehead atoms. The molecule has 0 aromatic heterocycles. The van der Waals surface area contributed by atoms with E-state index in [2.05, 4.69) is 17.1 Å². The maximum atomic E-state index is 12.2. The minimum atomic E-state index is -0.202. The molecule has 1 heterocycles. The van der Waals surface area contributed by atoms with Crippen LogP contribution in [0.3, 0.4) is 0 Å². The summed E-state index contributed by atoms with van der Waals surface area (Å²) < 4.78 is 0. The number of nitrogens with one attached hydrogen (secondary N) is 1. The van der Waals surface area contributed by atoms with Crippen LogP contribution >= 0.6 is 23.2 Å². The molecule has 1 aliphatic heterocycles. The lowest BCUT2D eigenvalue weighted by molar-refractivity contribution is 0.0626. The third kappa shape index (κ3) is 4.89. The molecule has 0 aliphatic carbocycles. The third-order valence-corrected chi connectivity index (χ3v) is 4.20. The lowest BCUT2D eigenvalue weighted by Crippen LogP contribution is -2.46. The van der Waals surface area contributed by atoms with Crippen molar-refractivity contribution in [3.63, 3.8) is 0 Å². The lowest BCUT2D eigenvalue weighted by Gasteiger charge is -2.24. The zero-order valence-electron chi connectivity index (χ0n) is 13.8. The Hall–Kier alpha value is -1.72. The highest BCUT2D eigenvalue weighted by Crippen LogP contribution is 2.25. The second-order valence-corrected chi connectivity index (χ2v) is 6.71. The van der Waals surface area contributed by atoms with E-state index in [1.807, 2.05) is 19.9 Å². The molecule has 7 heteroatoms. The summed E-state index contributed by atoms with van der Waals surface area (Å²) in [6.07, 6.45) is 2.09. The third-order valence-electron chi connectivity index (χ3n) is 3.46. The van der Waals surface area contributed by atoms with Crippen LogP contribution in [0.2, 0.25) is 10.0 Å². The zero-order valence-corrected chi connectivity index (χ0v) is 15.3. The molecule has 2 amide bonds. The second kappa shape index (κ2) is 8.40. The normalized spacial score (nSPS) is 16.5. The molecule has 2 rings (SSSR count). The van der Waals surface area contributed by atoms with Crippen molar-refractivity contribution in [2.24, 2.45) is 5.16 Å². The number of hydrogen-bond donors (Lipinski definition) is 1. The summed E-state index contributed by atoms with van der Waals surface area (Å²) >= 11 is 12.0. The lowest BCUT2D eigenvalue weighted by atomic mass is 10.0. The first-order valence-corrected chi connectivity index (χ1v) is 8.50. The van der Waals surface area contributed by atoms with Crippen molar-refractivity contribution >= 4 is 34.9 Å².